The number of carbonyl (C=O) groups is 4. The van der Waals surface area contributed by atoms with Crippen molar-refractivity contribution in [2.45, 2.75) is 131 Å². The summed E-state index contributed by atoms with van der Waals surface area (Å²) < 4.78 is 5.33. The number of nitrogens with one attached hydrogen (secondary N) is 4. The third-order valence-corrected chi connectivity index (χ3v) is 6.47. The molecule has 0 aromatic carbocycles. The minimum Gasteiger partial charge on any atom is -0.444 e. The molecule has 39 heavy (non-hydrogen) atoms. The molecular weight excluding hydrogens is 504 g/mol. The quantitative estimate of drug-likeness (QED) is 0.169. The van der Waals surface area contributed by atoms with E-state index in [-0.39, 0.29) is 30.7 Å². The Morgan fingerprint density at radius 1 is 0.795 bits per heavy atom. The highest BCUT2D eigenvalue weighted by molar-refractivity contribution is 5.91. The summed E-state index contributed by atoms with van der Waals surface area (Å²) in [6.07, 6.45) is -1.25. The van der Waals surface area contributed by atoms with Gasteiger partial charge in [0, 0.05) is 6.54 Å². The molecule has 0 aliphatic carbocycles. The topological polar surface area (TPSA) is 166 Å². The Kier molecular flexibility index (Phi) is 16.3. The van der Waals surface area contributed by atoms with E-state index < -0.39 is 59.7 Å². The molecule has 3 unspecified atom stereocenters. The summed E-state index contributed by atoms with van der Waals surface area (Å²) in [4.78, 5) is 51.5. The van der Waals surface area contributed by atoms with Gasteiger partial charge in [-0.1, -0.05) is 54.4 Å². The predicted molar refractivity (Wildman–Crippen MR) is 151 cm³/mol. The van der Waals surface area contributed by atoms with Gasteiger partial charge in [0.25, 0.3) is 0 Å². The van der Waals surface area contributed by atoms with Crippen molar-refractivity contribution in [1.29, 1.82) is 0 Å². The SMILES string of the molecule is CCC(C)[C@H](NC(=O)OC(C)(C)C)C(=O)N[C@H](C(=O)N[C@@H](CC(C)C)C(O)CC(=O)NC[C@@H](C)O)C(C)CC. The molecule has 0 bridgehead atoms. The molecule has 11 heteroatoms. The summed E-state index contributed by atoms with van der Waals surface area (Å²) in [5.74, 6) is -1.80. The number of hydrogen-bond donors (Lipinski definition) is 6. The molecule has 0 saturated carbocycles. The van der Waals surface area contributed by atoms with Gasteiger partial charge in [-0.3, -0.25) is 14.4 Å². The minimum atomic E-state index is -1.17. The van der Waals surface area contributed by atoms with E-state index in [1.807, 2.05) is 41.5 Å². The molecule has 0 saturated heterocycles. The van der Waals surface area contributed by atoms with Gasteiger partial charge < -0.3 is 36.2 Å². The third-order valence-electron chi connectivity index (χ3n) is 6.47. The van der Waals surface area contributed by atoms with Crippen molar-refractivity contribution in [2.24, 2.45) is 17.8 Å². The van der Waals surface area contributed by atoms with Crippen LogP contribution in [0.3, 0.4) is 0 Å². The van der Waals surface area contributed by atoms with Crippen LogP contribution >= 0.6 is 0 Å². The van der Waals surface area contributed by atoms with Crippen LogP contribution < -0.4 is 21.3 Å². The van der Waals surface area contributed by atoms with Crippen molar-refractivity contribution in [1.82, 2.24) is 21.3 Å². The average Bonchev–Trinajstić information content (AvgIpc) is 2.81. The number of carbonyl (C=O) groups excluding carboxylic acids is 4. The van der Waals surface area contributed by atoms with Crippen LogP contribution in [0, 0.1) is 17.8 Å². The number of rotatable bonds is 16. The smallest absolute Gasteiger partial charge is 0.408 e. The average molecular weight is 559 g/mol. The molecule has 0 rings (SSSR count). The minimum absolute atomic E-state index is 0.0591. The van der Waals surface area contributed by atoms with Gasteiger partial charge in [-0.25, -0.2) is 4.79 Å². The first kappa shape index (κ1) is 36.6. The maximum atomic E-state index is 13.5. The first-order chi connectivity index (χ1) is 17.9. The highest BCUT2D eigenvalue weighted by Gasteiger charge is 2.35. The molecule has 4 amide bonds. The molecule has 0 aromatic rings. The third kappa shape index (κ3) is 15.1. The van der Waals surface area contributed by atoms with E-state index in [9.17, 15) is 29.4 Å². The second-order valence-electron chi connectivity index (χ2n) is 12.1. The molecule has 0 aliphatic heterocycles. The van der Waals surface area contributed by atoms with E-state index >= 15 is 0 Å². The van der Waals surface area contributed by atoms with Crippen molar-refractivity contribution < 1.29 is 34.1 Å². The first-order valence-electron chi connectivity index (χ1n) is 14.1. The van der Waals surface area contributed by atoms with Crippen molar-refractivity contribution >= 4 is 23.8 Å². The highest BCUT2D eigenvalue weighted by Crippen LogP contribution is 2.16. The number of amides is 4. The van der Waals surface area contributed by atoms with Crippen LogP contribution in [-0.2, 0) is 19.1 Å². The summed E-state index contributed by atoms with van der Waals surface area (Å²) in [6, 6.07) is -2.58. The Hall–Kier alpha value is -2.40. The van der Waals surface area contributed by atoms with E-state index in [0.717, 1.165) is 0 Å². The molecule has 0 spiro atoms. The fourth-order valence-corrected chi connectivity index (χ4v) is 3.84. The van der Waals surface area contributed by atoms with Crippen LogP contribution in [-0.4, -0.2) is 76.5 Å². The lowest BCUT2D eigenvalue weighted by atomic mass is 9.93. The van der Waals surface area contributed by atoms with E-state index in [0.29, 0.717) is 19.3 Å². The van der Waals surface area contributed by atoms with Gasteiger partial charge in [0.2, 0.25) is 17.7 Å². The maximum Gasteiger partial charge on any atom is 0.408 e. The fraction of sp³-hybridized carbons (Fsp3) is 0.857. The zero-order valence-electron chi connectivity index (χ0n) is 25.6. The van der Waals surface area contributed by atoms with Gasteiger partial charge >= 0.3 is 6.09 Å². The summed E-state index contributed by atoms with van der Waals surface area (Å²) in [5, 5.41) is 31.0. The molecular formula is C28H54N4O7. The van der Waals surface area contributed by atoms with Crippen LogP contribution in [0.1, 0.15) is 94.9 Å². The molecule has 0 aromatic heterocycles. The lowest BCUT2D eigenvalue weighted by Crippen LogP contribution is -2.59. The van der Waals surface area contributed by atoms with Gasteiger partial charge in [-0.15, -0.1) is 0 Å². The standard InChI is InChI=1S/C28H54N4O7/c1-11-17(5)23(31-26(37)24(18(6)12-2)32-27(38)39-28(8,9)10)25(36)30-20(13-16(3)4)21(34)14-22(35)29-15-19(7)33/h16-21,23-24,33-34H,11-15H2,1-10H3,(H,29,35)(H,30,36)(H,31,37)(H,32,38)/t17?,18?,19-,20+,21?,23+,24+/m1/s1. The van der Waals surface area contributed by atoms with Gasteiger partial charge in [-0.05, 0) is 51.9 Å². The fourth-order valence-electron chi connectivity index (χ4n) is 3.84. The van der Waals surface area contributed by atoms with Crippen molar-refractivity contribution in [2.75, 3.05) is 6.54 Å². The zero-order chi connectivity index (χ0) is 30.5. The van der Waals surface area contributed by atoms with E-state index in [1.54, 1.807) is 20.8 Å². The molecule has 228 valence electrons. The second-order valence-corrected chi connectivity index (χ2v) is 12.1. The maximum absolute atomic E-state index is 13.5. The van der Waals surface area contributed by atoms with Gasteiger partial charge in [0.1, 0.15) is 17.7 Å². The van der Waals surface area contributed by atoms with Crippen LogP contribution in [0.15, 0.2) is 0 Å². The zero-order valence-corrected chi connectivity index (χ0v) is 25.6. The van der Waals surface area contributed by atoms with E-state index in [2.05, 4.69) is 21.3 Å². The Labute approximate surface area is 234 Å². The van der Waals surface area contributed by atoms with Crippen LogP contribution in [0.25, 0.3) is 0 Å². The van der Waals surface area contributed by atoms with Gasteiger partial charge in [-0.2, -0.15) is 0 Å². The monoisotopic (exact) mass is 558 g/mol. The second kappa shape index (κ2) is 17.3. The Morgan fingerprint density at radius 3 is 1.72 bits per heavy atom. The number of aliphatic hydroxyl groups excluding tert-OH is 2. The van der Waals surface area contributed by atoms with Crippen molar-refractivity contribution in [3.63, 3.8) is 0 Å². The molecule has 6 N–H and O–H groups in total. The summed E-state index contributed by atoms with van der Waals surface area (Å²) in [7, 11) is 0. The number of aliphatic hydroxyl groups is 2. The van der Waals surface area contributed by atoms with Crippen molar-refractivity contribution in [3.8, 4) is 0 Å². The van der Waals surface area contributed by atoms with Crippen LogP contribution in [0.2, 0.25) is 0 Å². The van der Waals surface area contributed by atoms with Crippen molar-refractivity contribution in [3.05, 3.63) is 0 Å². The normalized spacial score (nSPS) is 17.2. The molecule has 0 fully saturated rings. The summed E-state index contributed by atoms with van der Waals surface area (Å²) in [6.45, 7) is 18.1. The summed E-state index contributed by atoms with van der Waals surface area (Å²) >= 11 is 0. The number of ether oxygens (including phenoxy) is 1. The molecule has 0 heterocycles. The lowest BCUT2D eigenvalue weighted by molar-refractivity contribution is -0.133. The molecule has 7 atom stereocenters. The highest BCUT2D eigenvalue weighted by atomic mass is 16.6. The van der Waals surface area contributed by atoms with Gasteiger partial charge in [0.05, 0.1) is 24.7 Å². The Morgan fingerprint density at radius 2 is 1.28 bits per heavy atom. The van der Waals surface area contributed by atoms with Gasteiger partial charge in [0.15, 0.2) is 0 Å². The van der Waals surface area contributed by atoms with E-state index in [4.69, 9.17) is 4.74 Å². The van der Waals surface area contributed by atoms with E-state index in [1.165, 1.54) is 6.92 Å². The first-order valence-corrected chi connectivity index (χ1v) is 14.1. The number of hydrogen-bond acceptors (Lipinski definition) is 7. The van der Waals surface area contributed by atoms with Crippen LogP contribution in [0.5, 0.6) is 0 Å². The summed E-state index contributed by atoms with van der Waals surface area (Å²) in [5.41, 5.74) is -0.737. The van der Waals surface area contributed by atoms with Crippen LogP contribution in [0.4, 0.5) is 4.79 Å². The molecule has 11 nitrogen and oxygen atoms in total. The largest absolute Gasteiger partial charge is 0.444 e. The number of alkyl carbamates (subject to hydrolysis) is 1. The Bertz CT molecular complexity index is 782. The molecule has 0 radical (unpaired) electrons. The predicted octanol–water partition coefficient (Wildman–Crippen LogP) is 2.24. The molecule has 0 aliphatic rings. The Balaban J connectivity index is 5.73. The lowest BCUT2D eigenvalue weighted by Gasteiger charge is -2.32.